The molecule has 0 bridgehead atoms. The van der Waals surface area contributed by atoms with Crippen LogP contribution in [-0.2, 0) is 4.79 Å². The number of piperidine rings is 1. The topological polar surface area (TPSA) is 69.6 Å². The molecule has 2 amide bonds. The standard InChI is InChI=1S/C15H17FN2O3/c16-10-2-1-3-11(19)13(10)14(21)18-6-4-15(5-7-18)8-12(20)17-9-15/h1-3,19H,4-9H2,(H,17,20). The summed E-state index contributed by atoms with van der Waals surface area (Å²) in [7, 11) is 0. The number of amides is 2. The molecule has 2 fully saturated rings. The molecule has 1 aromatic rings. The first kappa shape index (κ1) is 13.9. The molecule has 0 unspecified atom stereocenters. The van der Waals surface area contributed by atoms with Crippen molar-refractivity contribution in [2.24, 2.45) is 5.41 Å². The van der Waals surface area contributed by atoms with E-state index in [2.05, 4.69) is 5.32 Å². The van der Waals surface area contributed by atoms with Crippen LogP contribution in [0.3, 0.4) is 0 Å². The molecule has 2 N–H and O–H groups in total. The number of carbonyl (C=O) groups is 2. The zero-order chi connectivity index (χ0) is 15.0. The minimum Gasteiger partial charge on any atom is -0.507 e. The van der Waals surface area contributed by atoms with Crippen molar-refractivity contribution in [2.45, 2.75) is 19.3 Å². The number of nitrogens with zero attached hydrogens (tertiary/aromatic N) is 1. The molecule has 1 spiro atoms. The van der Waals surface area contributed by atoms with Crippen molar-refractivity contribution in [2.75, 3.05) is 19.6 Å². The average molecular weight is 292 g/mol. The van der Waals surface area contributed by atoms with Crippen LogP contribution in [0.15, 0.2) is 18.2 Å². The molecule has 112 valence electrons. The normalized spacial score (nSPS) is 20.6. The maximum absolute atomic E-state index is 13.7. The van der Waals surface area contributed by atoms with E-state index in [-0.39, 0.29) is 22.6 Å². The van der Waals surface area contributed by atoms with Crippen LogP contribution in [0.1, 0.15) is 29.6 Å². The van der Waals surface area contributed by atoms with Gasteiger partial charge in [-0.15, -0.1) is 0 Å². The SMILES string of the molecule is O=C1CC2(CCN(C(=O)c3c(O)cccc3F)CC2)CN1. The highest BCUT2D eigenvalue weighted by molar-refractivity contribution is 5.97. The molecular weight excluding hydrogens is 275 g/mol. The number of benzene rings is 1. The Morgan fingerprint density at radius 2 is 2.05 bits per heavy atom. The van der Waals surface area contributed by atoms with Gasteiger partial charge in [0.25, 0.3) is 5.91 Å². The van der Waals surface area contributed by atoms with Crippen LogP contribution in [0, 0.1) is 11.2 Å². The van der Waals surface area contributed by atoms with E-state index in [1.54, 1.807) is 4.90 Å². The summed E-state index contributed by atoms with van der Waals surface area (Å²) >= 11 is 0. The van der Waals surface area contributed by atoms with Crippen molar-refractivity contribution >= 4 is 11.8 Å². The molecule has 2 saturated heterocycles. The molecule has 2 heterocycles. The Labute approximate surface area is 121 Å². The predicted molar refractivity (Wildman–Crippen MR) is 73.3 cm³/mol. The van der Waals surface area contributed by atoms with Crippen molar-refractivity contribution in [1.82, 2.24) is 10.2 Å². The molecular formula is C15H17FN2O3. The van der Waals surface area contributed by atoms with E-state index in [1.807, 2.05) is 0 Å². The second-order valence-corrected chi connectivity index (χ2v) is 5.88. The molecule has 0 saturated carbocycles. The Balaban J connectivity index is 1.72. The number of hydrogen-bond donors (Lipinski definition) is 2. The van der Waals surface area contributed by atoms with E-state index in [1.165, 1.54) is 12.1 Å². The van der Waals surface area contributed by atoms with Gasteiger partial charge in [0.15, 0.2) is 0 Å². The molecule has 0 radical (unpaired) electrons. The van der Waals surface area contributed by atoms with Crippen LogP contribution in [0.25, 0.3) is 0 Å². The summed E-state index contributed by atoms with van der Waals surface area (Å²) in [6.07, 6.45) is 1.93. The lowest BCUT2D eigenvalue weighted by molar-refractivity contribution is -0.119. The molecule has 2 aliphatic heterocycles. The number of likely N-dealkylation sites (tertiary alicyclic amines) is 1. The Bertz CT molecular complexity index is 574. The van der Waals surface area contributed by atoms with Gasteiger partial charge in [-0.2, -0.15) is 0 Å². The molecule has 1 aromatic carbocycles. The summed E-state index contributed by atoms with van der Waals surface area (Å²) in [6.45, 7) is 1.60. The van der Waals surface area contributed by atoms with E-state index in [0.717, 1.165) is 6.07 Å². The van der Waals surface area contributed by atoms with Gasteiger partial charge in [-0.1, -0.05) is 6.07 Å². The summed E-state index contributed by atoms with van der Waals surface area (Å²) in [5.74, 6) is -1.48. The lowest BCUT2D eigenvalue weighted by atomic mass is 9.77. The Kier molecular flexibility index (Phi) is 3.31. The zero-order valence-electron chi connectivity index (χ0n) is 11.6. The van der Waals surface area contributed by atoms with Crippen LogP contribution in [0.2, 0.25) is 0 Å². The van der Waals surface area contributed by atoms with Crippen LogP contribution in [-0.4, -0.2) is 41.5 Å². The number of nitrogens with one attached hydrogen (secondary N) is 1. The largest absolute Gasteiger partial charge is 0.507 e. The second kappa shape index (κ2) is 5.02. The maximum atomic E-state index is 13.7. The van der Waals surface area contributed by atoms with E-state index >= 15 is 0 Å². The Morgan fingerprint density at radius 3 is 2.62 bits per heavy atom. The lowest BCUT2D eigenvalue weighted by Crippen LogP contribution is -2.44. The van der Waals surface area contributed by atoms with Gasteiger partial charge in [0.1, 0.15) is 17.1 Å². The van der Waals surface area contributed by atoms with Gasteiger partial charge in [0.2, 0.25) is 5.91 Å². The van der Waals surface area contributed by atoms with E-state index in [9.17, 15) is 19.1 Å². The fourth-order valence-electron chi connectivity index (χ4n) is 3.17. The summed E-state index contributed by atoms with van der Waals surface area (Å²) in [5, 5.41) is 12.5. The number of aromatic hydroxyl groups is 1. The third-order valence-electron chi connectivity index (χ3n) is 4.51. The van der Waals surface area contributed by atoms with Crippen molar-refractivity contribution < 1.29 is 19.1 Å². The van der Waals surface area contributed by atoms with Gasteiger partial charge in [-0.05, 0) is 30.4 Å². The smallest absolute Gasteiger partial charge is 0.260 e. The quantitative estimate of drug-likeness (QED) is 0.819. The minimum atomic E-state index is -0.710. The number of rotatable bonds is 1. The zero-order valence-corrected chi connectivity index (χ0v) is 11.6. The second-order valence-electron chi connectivity index (χ2n) is 5.88. The van der Waals surface area contributed by atoms with Gasteiger partial charge in [-0.25, -0.2) is 4.39 Å². The predicted octanol–water partition coefficient (Wildman–Crippen LogP) is 1.27. The third-order valence-corrected chi connectivity index (χ3v) is 4.51. The fourth-order valence-corrected chi connectivity index (χ4v) is 3.17. The van der Waals surface area contributed by atoms with Crippen LogP contribution >= 0.6 is 0 Å². The van der Waals surface area contributed by atoms with Gasteiger partial charge in [0, 0.05) is 26.1 Å². The number of phenolic OH excluding ortho intramolecular Hbond substituents is 1. The minimum absolute atomic E-state index is 0.0570. The summed E-state index contributed by atoms with van der Waals surface area (Å²) < 4.78 is 13.7. The van der Waals surface area contributed by atoms with E-state index < -0.39 is 11.7 Å². The molecule has 0 aromatic heterocycles. The summed E-state index contributed by atoms with van der Waals surface area (Å²) in [4.78, 5) is 25.3. The number of phenols is 1. The van der Waals surface area contributed by atoms with Crippen molar-refractivity contribution in [3.05, 3.63) is 29.6 Å². The molecule has 21 heavy (non-hydrogen) atoms. The highest BCUT2D eigenvalue weighted by Gasteiger charge is 2.42. The summed E-state index contributed by atoms with van der Waals surface area (Å²) in [6, 6.07) is 3.84. The molecule has 5 nitrogen and oxygen atoms in total. The highest BCUT2D eigenvalue weighted by atomic mass is 19.1. The van der Waals surface area contributed by atoms with Gasteiger partial charge in [-0.3, -0.25) is 9.59 Å². The van der Waals surface area contributed by atoms with Crippen LogP contribution < -0.4 is 5.32 Å². The molecule has 0 aliphatic carbocycles. The van der Waals surface area contributed by atoms with Gasteiger partial charge < -0.3 is 15.3 Å². The number of carbonyl (C=O) groups excluding carboxylic acids is 2. The molecule has 2 aliphatic rings. The molecule has 0 atom stereocenters. The number of hydrogen-bond acceptors (Lipinski definition) is 3. The average Bonchev–Trinajstić information content (AvgIpc) is 2.80. The molecule has 6 heteroatoms. The Hall–Kier alpha value is -2.11. The first-order valence-electron chi connectivity index (χ1n) is 7.04. The summed E-state index contributed by atoms with van der Waals surface area (Å²) in [5.41, 5.74) is -0.334. The Morgan fingerprint density at radius 1 is 1.33 bits per heavy atom. The number of halogens is 1. The van der Waals surface area contributed by atoms with Gasteiger partial charge >= 0.3 is 0 Å². The van der Waals surface area contributed by atoms with Crippen molar-refractivity contribution in [3.63, 3.8) is 0 Å². The lowest BCUT2D eigenvalue weighted by Gasteiger charge is -2.38. The van der Waals surface area contributed by atoms with Crippen molar-refractivity contribution in [3.8, 4) is 5.75 Å². The van der Waals surface area contributed by atoms with Crippen molar-refractivity contribution in [1.29, 1.82) is 0 Å². The monoisotopic (exact) mass is 292 g/mol. The van der Waals surface area contributed by atoms with E-state index in [0.29, 0.717) is 38.9 Å². The molecule has 3 rings (SSSR count). The van der Waals surface area contributed by atoms with Crippen LogP contribution in [0.4, 0.5) is 4.39 Å². The third kappa shape index (κ3) is 2.46. The first-order chi connectivity index (χ1) is 10.0. The van der Waals surface area contributed by atoms with E-state index in [4.69, 9.17) is 0 Å². The highest BCUT2D eigenvalue weighted by Crippen LogP contribution is 2.38. The maximum Gasteiger partial charge on any atom is 0.260 e. The first-order valence-corrected chi connectivity index (χ1v) is 7.04. The fraction of sp³-hybridized carbons (Fsp3) is 0.467. The van der Waals surface area contributed by atoms with Crippen LogP contribution in [0.5, 0.6) is 5.75 Å². The van der Waals surface area contributed by atoms with Gasteiger partial charge in [0.05, 0.1) is 0 Å².